The van der Waals surface area contributed by atoms with Crippen LogP contribution < -0.4 is 9.75 Å². The molecule has 0 radical (unpaired) electrons. The van der Waals surface area contributed by atoms with E-state index in [9.17, 15) is 0 Å². The molecule has 1 heterocycles. The Morgan fingerprint density at radius 1 is 0.824 bits per heavy atom. The van der Waals surface area contributed by atoms with Crippen molar-refractivity contribution in [1.29, 1.82) is 0 Å². The maximum atomic E-state index is 2.56. The highest BCUT2D eigenvalue weighted by Gasteiger charge is 2.44. The Morgan fingerprint density at radius 2 is 1.44 bits per heavy atom. The van der Waals surface area contributed by atoms with E-state index in [0.717, 1.165) is 22.5 Å². The summed E-state index contributed by atoms with van der Waals surface area (Å²) in [7, 11) is 0.533. The first-order chi connectivity index (χ1) is 16.1. The van der Waals surface area contributed by atoms with Crippen molar-refractivity contribution < 1.29 is 4.57 Å². The van der Waals surface area contributed by atoms with Crippen molar-refractivity contribution in [3.05, 3.63) is 59.3 Å². The molecule has 1 aromatic heterocycles. The molecule has 1 aliphatic carbocycles. The Morgan fingerprint density at radius 3 is 2.03 bits per heavy atom. The van der Waals surface area contributed by atoms with E-state index >= 15 is 0 Å². The number of hydrogen-bond acceptors (Lipinski definition) is 0. The zero-order chi connectivity index (χ0) is 24.8. The van der Waals surface area contributed by atoms with Gasteiger partial charge in [0.2, 0.25) is 5.69 Å². The van der Waals surface area contributed by atoms with Gasteiger partial charge in [0.25, 0.3) is 0 Å². The summed E-state index contributed by atoms with van der Waals surface area (Å²) in [4.78, 5) is 0. The number of nitrogens with zero attached hydrogens (tertiary/aromatic N) is 1. The van der Waals surface area contributed by atoms with Crippen molar-refractivity contribution in [3.8, 4) is 11.3 Å². The van der Waals surface area contributed by atoms with Crippen LogP contribution in [0.5, 0.6) is 0 Å². The van der Waals surface area contributed by atoms with E-state index in [1.54, 1.807) is 10.8 Å². The van der Waals surface area contributed by atoms with Crippen LogP contribution in [0.1, 0.15) is 89.8 Å². The molecule has 34 heavy (non-hydrogen) atoms. The number of rotatable bonds is 6. The average molecular weight is 473 g/mol. The predicted octanol–water partition coefficient (Wildman–Crippen LogP) is 8.49. The van der Waals surface area contributed by atoms with Crippen molar-refractivity contribution in [2.75, 3.05) is 0 Å². The molecular weight excluding hydrogens is 426 g/mol. The second-order valence-corrected chi connectivity index (χ2v) is 17.9. The number of aromatic nitrogens is 1. The van der Waals surface area contributed by atoms with E-state index in [0.29, 0.717) is 0 Å². The number of aryl methyl sites for hydroxylation is 2. The van der Waals surface area contributed by atoms with E-state index in [1.165, 1.54) is 58.8 Å². The molecule has 1 nitrogen and oxygen atoms in total. The molecule has 0 spiro atoms. The Balaban J connectivity index is 1.94. The SMILES string of the molecule is Cc1cc(C2CCCC2)cc(-c2c3ccc([Si](C(C)C)(C(C)C)C(C)C)cc3cc[n+]2C)c1C. The zero-order valence-corrected chi connectivity index (χ0v) is 24.1. The van der Waals surface area contributed by atoms with Gasteiger partial charge in [0.1, 0.15) is 7.05 Å². The predicted molar refractivity (Wildman–Crippen MR) is 152 cm³/mol. The smallest absolute Gasteiger partial charge is 0.200 e. The molecule has 0 N–H and O–H groups in total. The normalized spacial score (nSPS) is 15.4. The largest absolute Gasteiger partial charge is 0.220 e. The van der Waals surface area contributed by atoms with Crippen LogP contribution in [-0.4, -0.2) is 8.07 Å². The van der Waals surface area contributed by atoms with Gasteiger partial charge >= 0.3 is 0 Å². The fourth-order valence-corrected chi connectivity index (χ4v) is 14.4. The molecule has 1 saturated carbocycles. The van der Waals surface area contributed by atoms with Crippen molar-refractivity contribution in [3.63, 3.8) is 0 Å². The topological polar surface area (TPSA) is 3.88 Å². The first kappa shape index (κ1) is 25.2. The first-order valence-electron chi connectivity index (χ1n) is 13.6. The maximum absolute atomic E-state index is 2.56. The van der Waals surface area contributed by atoms with Crippen molar-refractivity contribution in [1.82, 2.24) is 0 Å². The Labute approximate surface area is 209 Å². The van der Waals surface area contributed by atoms with Gasteiger partial charge in [-0.05, 0) is 83.4 Å². The second-order valence-electron chi connectivity index (χ2n) is 12.0. The van der Waals surface area contributed by atoms with Gasteiger partial charge in [-0.25, -0.2) is 4.57 Å². The van der Waals surface area contributed by atoms with E-state index in [2.05, 4.69) is 110 Å². The van der Waals surface area contributed by atoms with Crippen molar-refractivity contribution >= 4 is 24.0 Å². The third-order valence-electron chi connectivity index (χ3n) is 9.27. The minimum Gasteiger partial charge on any atom is -0.200 e. The Kier molecular flexibility index (Phi) is 7.11. The third-order valence-corrected chi connectivity index (χ3v) is 16.3. The highest BCUT2D eigenvalue weighted by Crippen LogP contribution is 2.42. The van der Waals surface area contributed by atoms with Crippen LogP contribution in [0.2, 0.25) is 16.6 Å². The molecule has 182 valence electrons. The Bertz CT molecular complexity index is 1160. The minimum atomic E-state index is -1.68. The molecule has 2 aromatic carbocycles. The molecule has 0 unspecified atom stereocenters. The third kappa shape index (κ3) is 4.06. The van der Waals surface area contributed by atoms with Gasteiger partial charge in [-0.3, -0.25) is 0 Å². The van der Waals surface area contributed by atoms with Gasteiger partial charge in [0.05, 0.1) is 19.0 Å². The van der Waals surface area contributed by atoms with Gasteiger partial charge < -0.3 is 0 Å². The van der Waals surface area contributed by atoms with Gasteiger partial charge in [-0.2, -0.15) is 0 Å². The van der Waals surface area contributed by atoms with E-state index in [-0.39, 0.29) is 0 Å². The zero-order valence-electron chi connectivity index (χ0n) is 23.1. The quantitative estimate of drug-likeness (QED) is 0.250. The van der Waals surface area contributed by atoms with E-state index in [4.69, 9.17) is 0 Å². The van der Waals surface area contributed by atoms with Gasteiger partial charge in [0, 0.05) is 6.07 Å². The van der Waals surface area contributed by atoms with Crippen molar-refractivity contribution in [2.24, 2.45) is 7.05 Å². The summed E-state index contributed by atoms with van der Waals surface area (Å²) in [6.07, 6.45) is 7.73. The minimum absolute atomic E-state index is 0.720. The summed E-state index contributed by atoms with van der Waals surface area (Å²) in [5.41, 5.74) is 9.35. The molecule has 1 aliphatic rings. The molecular formula is C32H46NSi+. The van der Waals surface area contributed by atoms with E-state index in [1.807, 2.05) is 0 Å². The molecule has 0 amide bonds. The van der Waals surface area contributed by atoms with Crippen LogP contribution >= 0.6 is 0 Å². The number of hydrogen-bond donors (Lipinski definition) is 0. The highest BCUT2D eigenvalue weighted by molar-refractivity contribution is 6.95. The maximum Gasteiger partial charge on any atom is 0.220 e. The monoisotopic (exact) mass is 472 g/mol. The summed E-state index contributed by atoms with van der Waals surface area (Å²) in [6.45, 7) is 19.4. The number of fused-ring (bicyclic) bond motifs is 1. The van der Waals surface area contributed by atoms with Gasteiger partial charge in [-0.15, -0.1) is 0 Å². The second kappa shape index (κ2) is 9.61. The molecule has 0 saturated heterocycles. The van der Waals surface area contributed by atoms with Crippen LogP contribution in [0.15, 0.2) is 42.6 Å². The molecule has 3 aromatic rings. The van der Waals surface area contributed by atoms with Gasteiger partial charge in [-0.1, -0.05) is 77.8 Å². The fourth-order valence-electron chi connectivity index (χ4n) is 7.61. The van der Waals surface area contributed by atoms with Crippen LogP contribution in [-0.2, 0) is 7.05 Å². The van der Waals surface area contributed by atoms with Crippen LogP contribution in [0.25, 0.3) is 22.0 Å². The first-order valence-corrected chi connectivity index (χ1v) is 15.9. The molecule has 0 aliphatic heterocycles. The lowest BCUT2D eigenvalue weighted by atomic mass is 9.89. The standard InChI is InChI=1S/C32H46NSi/c1-21(2)34(22(3)4,23(5)6)29-14-15-30-27(19-29)16-17-33(9)32(30)31-20-28(18-24(7)25(31)8)26-12-10-11-13-26/h14-23,26H,10-13H2,1-9H3/q+1. The molecule has 0 bridgehead atoms. The fraction of sp³-hybridized carbons (Fsp3) is 0.531. The average Bonchev–Trinajstić information content (AvgIpc) is 3.30. The summed E-state index contributed by atoms with van der Waals surface area (Å²) in [6, 6.07) is 14.8. The van der Waals surface area contributed by atoms with Crippen molar-refractivity contribution in [2.45, 2.75) is 104 Å². The number of benzene rings is 2. The summed E-state index contributed by atoms with van der Waals surface area (Å²) >= 11 is 0. The van der Waals surface area contributed by atoms with Crippen LogP contribution in [0.3, 0.4) is 0 Å². The molecule has 1 fully saturated rings. The molecule has 2 heteroatoms. The summed E-state index contributed by atoms with van der Waals surface area (Å²) in [5.74, 6) is 0.736. The molecule has 0 atom stereocenters. The van der Waals surface area contributed by atoms with Gasteiger partial charge in [0.15, 0.2) is 6.20 Å². The van der Waals surface area contributed by atoms with Crippen LogP contribution in [0.4, 0.5) is 0 Å². The lowest BCUT2D eigenvalue weighted by Gasteiger charge is -2.43. The van der Waals surface area contributed by atoms with Crippen LogP contribution in [0, 0.1) is 13.8 Å². The summed E-state index contributed by atoms with van der Waals surface area (Å²) < 4.78 is 2.35. The van der Waals surface area contributed by atoms with E-state index < -0.39 is 8.07 Å². The Hall–Kier alpha value is -1.93. The highest BCUT2D eigenvalue weighted by atomic mass is 28.3. The lowest BCUT2D eigenvalue weighted by Crippen LogP contribution is -2.55. The number of pyridine rings is 1. The molecule has 4 rings (SSSR count). The summed E-state index contributed by atoms with van der Waals surface area (Å²) in [5, 5.41) is 4.42. The lowest BCUT2D eigenvalue weighted by molar-refractivity contribution is -0.659.